The fourth-order valence-corrected chi connectivity index (χ4v) is 3.48. The van der Waals surface area contributed by atoms with Crippen molar-refractivity contribution in [2.75, 3.05) is 0 Å². The van der Waals surface area contributed by atoms with E-state index in [1.165, 1.54) is 12.1 Å². The van der Waals surface area contributed by atoms with E-state index in [1.54, 1.807) is 18.2 Å². The Morgan fingerprint density at radius 1 is 1.33 bits per heavy atom. The lowest BCUT2D eigenvalue weighted by atomic mass is 9.73. The van der Waals surface area contributed by atoms with Gasteiger partial charge in [0.2, 0.25) is 10.0 Å². The molecule has 0 aliphatic carbocycles. The molecule has 1 aromatic carbocycles. The predicted molar refractivity (Wildman–Crippen MR) is 74.9 cm³/mol. The van der Waals surface area contributed by atoms with E-state index >= 15 is 0 Å². The Hall–Kier alpha value is -1.42. The van der Waals surface area contributed by atoms with Gasteiger partial charge in [0, 0.05) is 0 Å². The van der Waals surface area contributed by atoms with Gasteiger partial charge < -0.3 is 14.8 Å². The van der Waals surface area contributed by atoms with E-state index in [1.807, 2.05) is 0 Å². The van der Waals surface area contributed by atoms with Crippen molar-refractivity contribution in [3.63, 3.8) is 0 Å². The lowest BCUT2D eigenvalue weighted by Crippen LogP contribution is -2.52. The third-order valence-corrected chi connectivity index (χ3v) is 4.74. The Morgan fingerprint density at radius 3 is 2.57 bits per heavy atom. The molecule has 1 aromatic rings. The molecule has 0 saturated carbocycles. The minimum Gasteiger partial charge on any atom is -0.481 e. The van der Waals surface area contributed by atoms with E-state index in [9.17, 15) is 18.2 Å². The highest BCUT2D eigenvalue weighted by Gasteiger charge is 2.38. The number of rotatable bonds is 5. The van der Waals surface area contributed by atoms with Crippen molar-refractivity contribution < 1.29 is 28.0 Å². The summed E-state index contributed by atoms with van der Waals surface area (Å²) in [7, 11) is -5.10. The average Bonchev–Trinajstić information content (AvgIpc) is 2.42. The van der Waals surface area contributed by atoms with Gasteiger partial charge in [0.05, 0.1) is 23.4 Å². The molecule has 1 aliphatic rings. The Kier molecular flexibility index (Phi) is 4.99. The monoisotopic (exact) mass is 313 g/mol. The maximum atomic E-state index is 12.1. The number of carboxylic acids is 1. The summed E-state index contributed by atoms with van der Waals surface area (Å²) in [6, 6.07) is 7.81. The second-order valence-electron chi connectivity index (χ2n) is 4.86. The molecule has 0 radical (unpaired) electrons. The van der Waals surface area contributed by atoms with Crippen LogP contribution in [0.15, 0.2) is 35.2 Å². The first-order valence-electron chi connectivity index (χ1n) is 6.51. The fourth-order valence-electron chi connectivity index (χ4n) is 2.20. The lowest BCUT2D eigenvalue weighted by molar-refractivity contribution is -0.139. The predicted octanol–water partition coefficient (Wildman–Crippen LogP) is 0.00690. The largest absolute Gasteiger partial charge is 0.481 e. The number of carbonyl (C=O) groups is 1. The Bertz CT molecular complexity index is 593. The summed E-state index contributed by atoms with van der Waals surface area (Å²) in [5, 5.41) is 18.5. The quantitative estimate of drug-likeness (QED) is 0.660. The third-order valence-electron chi connectivity index (χ3n) is 3.24. The second kappa shape index (κ2) is 6.57. The summed E-state index contributed by atoms with van der Waals surface area (Å²) in [4.78, 5) is 10.7. The number of nitrogens with one attached hydrogen (secondary N) is 1. The zero-order valence-electron chi connectivity index (χ0n) is 11.2. The average molecular weight is 313 g/mol. The first kappa shape index (κ1) is 16.0. The molecule has 1 saturated heterocycles. The van der Waals surface area contributed by atoms with E-state index in [0.29, 0.717) is 12.8 Å². The van der Waals surface area contributed by atoms with Crippen LogP contribution in [-0.4, -0.2) is 43.7 Å². The summed E-state index contributed by atoms with van der Waals surface area (Å²) >= 11 is 0. The standard InChI is InChI=1S/C12H16BNO6S/c15-12(16)8-9-6-7-11(13(17)20-9)14-21(18,19)10-4-2-1-3-5-10/h1-5,9,11,14,17H,6-8H2,(H,15,16)/t9-,11-/m0/s1. The van der Waals surface area contributed by atoms with Crippen LogP contribution >= 0.6 is 0 Å². The smallest absolute Gasteiger partial charge is 0.473 e. The van der Waals surface area contributed by atoms with Gasteiger partial charge in [-0.05, 0) is 25.0 Å². The molecule has 7 nitrogen and oxygen atoms in total. The lowest BCUT2D eigenvalue weighted by Gasteiger charge is -2.30. The van der Waals surface area contributed by atoms with Gasteiger partial charge in [0.1, 0.15) is 0 Å². The van der Waals surface area contributed by atoms with Crippen molar-refractivity contribution in [3.05, 3.63) is 30.3 Å². The van der Waals surface area contributed by atoms with Crippen molar-refractivity contribution in [1.82, 2.24) is 4.72 Å². The number of benzene rings is 1. The first-order valence-corrected chi connectivity index (χ1v) is 7.99. The topological polar surface area (TPSA) is 113 Å². The van der Waals surface area contributed by atoms with Gasteiger partial charge in [0.15, 0.2) is 0 Å². The van der Waals surface area contributed by atoms with Crippen LogP contribution in [-0.2, 0) is 19.5 Å². The van der Waals surface area contributed by atoms with Crippen molar-refractivity contribution in [1.29, 1.82) is 0 Å². The van der Waals surface area contributed by atoms with Crippen LogP contribution < -0.4 is 4.72 Å². The van der Waals surface area contributed by atoms with Gasteiger partial charge >= 0.3 is 13.1 Å². The van der Waals surface area contributed by atoms with E-state index in [4.69, 9.17) is 9.76 Å². The molecule has 2 atom stereocenters. The van der Waals surface area contributed by atoms with Gasteiger partial charge in [-0.3, -0.25) is 4.79 Å². The van der Waals surface area contributed by atoms with E-state index in [2.05, 4.69) is 4.72 Å². The Balaban J connectivity index is 2.00. The Labute approximate surface area is 123 Å². The highest BCUT2D eigenvalue weighted by atomic mass is 32.2. The molecule has 21 heavy (non-hydrogen) atoms. The molecule has 114 valence electrons. The zero-order chi connectivity index (χ0) is 15.5. The summed E-state index contributed by atoms with van der Waals surface area (Å²) in [6.45, 7) is 0. The van der Waals surface area contributed by atoms with Crippen molar-refractivity contribution in [2.24, 2.45) is 0 Å². The fraction of sp³-hybridized carbons (Fsp3) is 0.417. The molecule has 0 spiro atoms. The van der Waals surface area contributed by atoms with Crippen LogP contribution in [0.25, 0.3) is 0 Å². The van der Waals surface area contributed by atoms with Gasteiger partial charge in [0.25, 0.3) is 0 Å². The van der Waals surface area contributed by atoms with Crippen LogP contribution in [0.4, 0.5) is 0 Å². The molecule has 1 heterocycles. The summed E-state index contributed by atoms with van der Waals surface area (Å²) in [6.07, 6.45) is -0.138. The highest BCUT2D eigenvalue weighted by Crippen LogP contribution is 2.20. The van der Waals surface area contributed by atoms with Crippen LogP contribution in [0.1, 0.15) is 19.3 Å². The van der Waals surface area contributed by atoms with Crippen molar-refractivity contribution in [2.45, 2.75) is 36.2 Å². The molecule has 0 bridgehead atoms. The van der Waals surface area contributed by atoms with Gasteiger partial charge in [-0.25, -0.2) is 13.1 Å². The van der Waals surface area contributed by atoms with Crippen LogP contribution in [0.3, 0.4) is 0 Å². The zero-order valence-corrected chi connectivity index (χ0v) is 12.0. The minimum atomic E-state index is -3.74. The molecule has 0 aromatic heterocycles. The normalized spacial score (nSPS) is 23.0. The molecular formula is C12H16BNO6S. The molecule has 1 fully saturated rings. The van der Waals surface area contributed by atoms with Crippen molar-refractivity contribution >= 4 is 23.1 Å². The van der Waals surface area contributed by atoms with Gasteiger partial charge in [-0.15, -0.1) is 0 Å². The molecular weight excluding hydrogens is 297 g/mol. The maximum Gasteiger partial charge on any atom is 0.473 e. The number of hydrogen-bond donors (Lipinski definition) is 3. The van der Waals surface area contributed by atoms with E-state index in [0.717, 1.165) is 0 Å². The first-order chi connectivity index (χ1) is 9.88. The van der Waals surface area contributed by atoms with Crippen LogP contribution in [0, 0.1) is 0 Å². The molecule has 1 aliphatic heterocycles. The molecule has 2 rings (SSSR count). The Morgan fingerprint density at radius 2 is 2.00 bits per heavy atom. The maximum absolute atomic E-state index is 12.1. The third kappa shape index (κ3) is 4.27. The minimum absolute atomic E-state index is 0.102. The summed E-state index contributed by atoms with van der Waals surface area (Å²) in [5.74, 6) is -1.81. The number of aliphatic carboxylic acids is 1. The molecule has 0 unspecified atom stereocenters. The number of hydrogen-bond acceptors (Lipinski definition) is 5. The van der Waals surface area contributed by atoms with E-state index in [-0.39, 0.29) is 11.3 Å². The SMILES string of the molecule is O=C(O)C[C@@H]1CC[C@H](NS(=O)(=O)c2ccccc2)B(O)O1. The number of sulfonamides is 1. The highest BCUT2D eigenvalue weighted by molar-refractivity contribution is 7.89. The van der Waals surface area contributed by atoms with Gasteiger partial charge in [-0.2, -0.15) is 0 Å². The van der Waals surface area contributed by atoms with E-state index < -0.39 is 35.2 Å². The second-order valence-corrected chi connectivity index (χ2v) is 6.58. The molecule has 0 amide bonds. The number of carboxylic acid groups (broad SMARTS) is 1. The van der Waals surface area contributed by atoms with Crippen LogP contribution in [0.5, 0.6) is 0 Å². The van der Waals surface area contributed by atoms with Gasteiger partial charge in [-0.1, -0.05) is 18.2 Å². The van der Waals surface area contributed by atoms with Crippen LogP contribution in [0.2, 0.25) is 0 Å². The molecule has 3 N–H and O–H groups in total. The summed E-state index contributed by atoms with van der Waals surface area (Å²) in [5.41, 5.74) is 0. The molecule has 9 heteroatoms. The van der Waals surface area contributed by atoms with Crippen molar-refractivity contribution in [3.8, 4) is 0 Å². The summed E-state index contributed by atoms with van der Waals surface area (Å²) < 4.78 is 31.8.